The minimum Gasteiger partial charge on any atom is -0.369 e. The first-order valence-electron chi connectivity index (χ1n) is 3.01. The quantitative estimate of drug-likeness (QED) is 0.449. The third-order valence-electron chi connectivity index (χ3n) is 1.33. The van der Waals surface area contributed by atoms with Gasteiger partial charge in [-0.3, -0.25) is 4.90 Å². The van der Waals surface area contributed by atoms with Crippen molar-refractivity contribution >= 4 is 11.9 Å². The minimum atomic E-state index is -0.142. The topological polar surface area (TPSA) is 80.0 Å². The van der Waals surface area contributed by atoms with Crippen molar-refractivity contribution in [2.45, 2.75) is 13.1 Å². The predicted molar refractivity (Wildman–Crippen MR) is 40.5 cm³/mol. The number of aliphatic imine (C=N–C) groups is 2. The van der Waals surface area contributed by atoms with Gasteiger partial charge in [-0.15, -0.1) is 0 Å². The Labute approximate surface area is 59.4 Å². The molecule has 0 bridgehead atoms. The van der Waals surface area contributed by atoms with Gasteiger partial charge in [-0.1, -0.05) is 0 Å². The molecule has 0 aromatic rings. The maximum Gasteiger partial charge on any atom is 0.200 e. The summed E-state index contributed by atoms with van der Waals surface area (Å²) in [6.07, 6.45) is -0.142. The van der Waals surface area contributed by atoms with E-state index in [2.05, 4.69) is 9.98 Å². The molecule has 0 aromatic heterocycles. The molecule has 1 aliphatic heterocycles. The van der Waals surface area contributed by atoms with Gasteiger partial charge in [0, 0.05) is 7.05 Å². The summed E-state index contributed by atoms with van der Waals surface area (Å²) in [6, 6.07) is 0. The molecule has 5 heteroatoms. The van der Waals surface area contributed by atoms with Crippen LogP contribution in [0.2, 0.25) is 0 Å². The molecule has 0 unspecified atom stereocenters. The first-order chi connectivity index (χ1) is 4.61. The number of rotatable bonds is 0. The van der Waals surface area contributed by atoms with Crippen LogP contribution in [0, 0.1) is 0 Å². The zero-order chi connectivity index (χ0) is 7.72. The molecule has 0 atom stereocenters. The van der Waals surface area contributed by atoms with Crippen molar-refractivity contribution in [2.75, 3.05) is 7.05 Å². The van der Waals surface area contributed by atoms with Crippen LogP contribution in [0.4, 0.5) is 0 Å². The monoisotopic (exact) mass is 141 g/mol. The van der Waals surface area contributed by atoms with Crippen molar-refractivity contribution < 1.29 is 0 Å². The molecule has 1 heterocycles. The van der Waals surface area contributed by atoms with Crippen molar-refractivity contribution in [1.29, 1.82) is 0 Å². The second-order valence-electron chi connectivity index (χ2n) is 2.17. The SMILES string of the molecule is CC1N=C(N)N(C)C(N)=N1. The standard InChI is InChI=1S/C5H11N5/c1-3-8-4(6)10(2)5(7)9-3/h3H,1-2H3,(H2,6,8)(H2,7,9). The highest BCUT2D eigenvalue weighted by atomic mass is 15.4. The number of guanidine groups is 2. The Morgan fingerprint density at radius 3 is 2.10 bits per heavy atom. The molecule has 4 N–H and O–H groups in total. The van der Waals surface area contributed by atoms with Crippen LogP contribution in [0.25, 0.3) is 0 Å². The van der Waals surface area contributed by atoms with Gasteiger partial charge < -0.3 is 11.5 Å². The van der Waals surface area contributed by atoms with Crippen LogP contribution in [0.15, 0.2) is 9.98 Å². The van der Waals surface area contributed by atoms with Crippen LogP contribution >= 0.6 is 0 Å². The molecule has 1 aliphatic rings. The summed E-state index contributed by atoms with van der Waals surface area (Å²) in [7, 11) is 1.73. The molecule has 0 aliphatic carbocycles. The predicted octanol–water partition coefficient (Wildman–Crippen LogP) is -1.09. The summed E-state index contributed by atoms with van der Waals surface area (Å²) in [5.41, 5.74) is 10.9. The van der Waals surface area contributed by atoms with Crippen LogP contribution in [0.3, 0.4) is 0 Å². The zero-order valence-corrected chi connectivity index (χ0v) is 6.07. The van der Waals surface area contributed by atoms with Crippen molar-refractivity contribution in [3.63, 3.8) is 0 Å². The average molecular weight is 141 g/mol. The van der Waals surface area contributed by atoms with E-state index < -0.39 is 0 Å². The first kappa shape index (κ1) is 6.85. The summed E-state index contributed by atoms with van der Waals surface area (Å²) in [6.45, 7) is 1.83. The van der Waals surface area contributed by atoms with Gasteiger partial charge in [-0.25, -0.2) is 9.98 Å². The Morgan fingerprint density at radius 1 is 1.30 bits per heavy atom. The molecule has 0 radical (unpaired) electrons. The largest absolute Gasteiger partial charge is 0.369 e. The fourth-order valence-electron chi connectivity index (χ4n) is 0.702. The molecule has 0 fully saturated rings. The molecule has 0 saturated heterocycles. The highest BCUT2D eigenvalue weighted by Crippen LogP contribution is 1.99. The summed E-state index contributed by atoms with van der Waals surface area (Å²) < 4.78 is 0. The van der Waals surface area contributed by atoms with Crippen molar-refractivity contribution in [3.05, 3.63) is 0 Å². The van der Waals surface area contributed by atoms with E-state index >= 15 is 0 Å². The van der Waals surface area contributed by atoms with Crippen LogP contribution in [-0.2, 0) is 0 Å². The van der Waals surface area contributed by atoms with Crippen LogP contribution in [0.5, 0.6) is 0 Å². The Morgan fingerprint density at radius 2 is 1.70 bits per heavy atom. The van der Waals surface area contributed by atoms with Gasteiger partial charge in [0.25, 0.3) is 0 Å². The fourth-order valence-corrected chi connectivity index (χ4v) is 0.702. The smallest absolute Gasteiger partial charge is 0.200 e. The molecule has 10 heavy (non-hydrogen) atoms. The minimum absolute atomic E-state index is 0.142. The summed E-state index contributed by atoms with van der Waals surface area (Å²) in [5.74, 6) is 0.833. The van der Waals surface area contributed by atoms with Gasteiger partial charge in [-0.2, -0.15) is 0 Å². The van der Waals surface area contributed by atoms with E-state index in [0.29, 0.717) is 11.9 Å². The van der Waals surface area contributed by atoms with E-state index in [1.54, 1.807) is 11.9 Å². The molecule has 0 saturated carbocycles. The molecule has 56 valence electrons. The van der Waals surface area contributed by atoms with Gasteiger partial charge >= 0.3 is 0 Å². The van der Waals surface area contributed by atoms with E-state index in [1.165, 1.54) is 0 Å². The molecule has 0 spiro atoms. The first-order valence-corrected chi connectivity index (χ1v) is 3.01. The number of nitrogens with zero attached hydrogens (tertiary/aromatic N) is 3. The highest BCUT2D eigenvalue weighted by molar-refractivity contribution is 5.98. The maximum atomic E-state index is 5.47. The highest BCUT2D eigenvalue weighted by Gasteiger charge is 2.13. The molecule has 0 amide bonds. The fraction of sp³-hybridized carbons (Fsp3) is 0.600. The number of nitrogens with two attached hydrogens (primary N) is 2. The normalized spacial score (nSPS) is 20.4. The second kappa shape index (κ2) is 2.17. The number of hydrogen-bond donors (Lipinski definition) is 2. The summed E-state index contributed by atoms with van der Waals surface area (Å²) in [4.78, 5) is 9.48. The van der Waals surface area contributed by atoms with Gasteiger partial charge in [0.1, 0.15) is 6.17 Å². The van der Waals surface area contributed by atoms with Crippen molar-refractivity contribution in [3.8, 4) is 0 Å². The van der Waals surface area contributed by atoms with E-state index in [1.807, 2.05) is 6.92 Å². The summed E-state index contributed by atoms with van der Waals surface area (Å²) in [5, 5.41) is 0. The van der Waals surface area contributed by atoms with Crippen LogP contribution < -0.4 is 11.5 Å². The lowest BCUT2D eigenvalue weighted by atomic mass is 10.5. The van der Waals surface area contributed by atoms with Gasteiger partial charge in [0.2, 0.25) is 0 Å². The lowest BCUT2D eigenvalue weighted by Crippen LogP contribution is -2.46. The summed E-state index contributed by atoms with van der Waals surface area (Å²) >= 11 is 0. The average Bonchev–Trinajstić information content (AvgIpc) is 1.82. The van der Waals surface area contributed by atoms with Gasteiger partial charge in [0.05, 0.1) is 0 Å². The number of hydrogen-bond acceptors (Lipinski definition) is 5. The lowest BCUT2D eigenvalue weighted by Gasteiger charge is -2.22. The molecule has 0 aromatic carbocycles. The van der Waals surface area contributed by atoms with E-state index in [0.717, 1.165) is 0 Å². The third-order valence-corrected chi connectivity index (χ3v) is 1.33. The van der Waals surface area contributed by atoms with Crippen LogP contribution in [0.1, 0.15) is 6.92 Å². The van der Waals surface area contributed by atoms with Gasteiger partial charge in [-0.05, 0) is 6.92 Å². The van der Waals surface area contributed by atoms with Gasteiger partial charge in [0.15, 0.2) is 11.9 Å². The Hall–Kier alpha value is -1.26. The molecule has 5 nitrogen and oxygen atoms in total. The third kappa shape index (κ3) is 1.02. The Kier molecular flexibility index (Phi) is 1.48. The van der Waals surface area contributed by atoms with E-state index in [-0.39, 0.29) is 6.17 Å². The van der Waals surface area contributed by atoms with Crippen molar-refractivity contribution in [2.24, 2.45) is 21.5 Å². The Bertz CT molecular complexity index is 174. The lowest BCUT2D eigenvalue weighted by molar-refractivity contribution is 0.641. The second-order valence-corrected chi connectivity index (χ2v) is 2.17. The van der Waals surface area contributed by atoms with Crippen LogP contribution in [-0.4, -0.2) is 30.0 Å². The molecular formula is C5H11N5. The van der Waals surface area contributed by atoms with Crippen molar-refractivity contribution in [1.82, 2.24) is 4.90 Å². The molecule has 1 rings (SSSR count). The maximum absolute atomic E-state index is 5.47. The Balaban J connectivity index is 2.83. The zero-order valence-electron chi connectivity index (χ0n) is 6.07. The van der Waals surface area contributed by atoms with E-state index in [9.17, 15) is 0 Å². The molecular weight excluding hydrogens is 130 g/mol. The van der Waals surface area contributed by atoms with E-state index in [4.69, 9.17) is 11.5 Å².